The summed E-state index contributed by atoms with van der Waals surface area (Å²) in [6, 6.07) is 6.56. The van der Waals surface area contributed by atoms with E-state index < -0.39 is 0 Å². The fourth-order valence-corrected chi connectivity index (χ4v) is 4.45. The molecule has 2 aromatic rings. The minimum Gasteiger partial charge on any atom is -0.399 e. The Kier molecular flexibility index (Phi) is 5.69. The zero-order chi connectivity index (χ0) is 17.1. The highest BCUT2D eigenvalue weighted by Crippen LogP contribution is 2.33. The molecule has 5 nitrogen and oxygen atoms in total. The lowest BCUT2D eigenvalue weighted by atomic mass is 10.1. The summed E-state index contributed by atoms with van der Waals surface area (Å²) >= 11 is 1.80. The van der Waals surface area contributed by atoms with Gasteiger partial charge in [-0.1, -0.05) is 13.8 Å². The standard InChI is InChI=1S/C18H29N5S/c1-4-21(5-2)10-6-7-14(3)23-12-11-22-17-13-15(19)8-9-16(17)20-18(22)24-23/h8-9,13-14H,4-7,10-12,19H2,1-3H3. The fourth-order valence-electron chi connectivity index (χ4n) is 3.36. The molecule has 1 aliphatic rings. The number of nitrogen functional groups attached to an aromatic ring is 1. The highest BCUT2D eigenvalue weighted by Gasteiger charge is 2.24. The minimum atomic E-state index is 0.573. The summed E-state index contributed by atoms with van der Waals surface area (Å²) in [5, 5.41) is 1.09. The average molecular weight is 348 g/mol. The fraction of sp³-hybridized carbons (Fsp3) is 0.611. The number of nitrogens with zero attached hydrogens (tertiary/aromatic N) is 4. The maximum Gasteiger partial charge on any atom is 0.184 e. The van der Waals surface area contributed by atoms with Gasteiger partial charge in [-0.15, -0.1) is 0 Å². The third kappa shape index (κ3) is 3.71. The number of hydrogen-bond donors (Lipinski definition) is 1. The summed E-state index contributed by atoms with van der Waals surface area (Å²) in [5.74, 6) is 0. The van der Waals surface area contributed by atoms with Crippen LogP contribution < -0.4 is 5.73 Å². The van der Waals surface area contributed by atoms with Crippen molar-refractivity contribution in [3.63, 3.8) is 0 Å². The van der Waals surface area contributed by atoms with Crippen LogP contribution in [0, 0.1) is 0 Å². The molecule has 1 aromatic heterocycles. The van der Waals surface area contributed by atoms with Crippen molar-refractivity contribution in [2.45, 2.75) is 51.4 Å². The molecule has 0 spiro atoms. The summed E-state index contributed by atoms with van der Waals surface area (Å²) in [5.41, 5.74) is 8.94. The predicted molar refractivity (Wildman–Crippen MR) is 103 cm³/mol. The SMILES string of the molecule is CCN(CC)CCCC(C)N1CCn2c(nc3ccc(N)cc32)S1. The van der Waals surface area contributed by atoms with E-state index in [1.807, 2.05) is 18.2 Å². The number of benzene rings is 1. The molecule has 24 heavy (non-hydrogen) atoms. The van der Waals surface area contributed by atoms with Gasteiger partial charge in [0.15, 0.2) is 5.16 Å². The van der Waals surface area contributed by atoms with Gasteiger partial charge in [0, 0.05) is 24.8 Å². The Morgan fingerprint density at radius 3 is 2.83 bits per heavy atom. The Morgan fingerprint density at radius 2 is 2.08 bits per heavy atom. The van der Waals surface area contributed by atoms with Crippen molar-refractivity contribution in [2.75, 3.05) is 31.9 Å². The summed E-state index contributed by atoms with van der Waals surface area (Å²) < 4.78 is 4.79. The molecule has 1 aliphatic heterocycles. The Hall–Kier alpha value is -1.24. The summed E-state index contributed by atoms with van der Waals surface area (Å²) in [6.07, 6.45) is 2.49. The second kappa shape index (κ2) is 7.76. The van der Waals surface area contributed by atoms with E-state index in [4.69, 9.17) is 10.7 Å². The monoisotopic (exact) mass is 347 g/mol. The first-order valence-electron chi connectivity index (χ1n) is 9.05. The second-order valence-electron chi connectivity index (χ2n) is 6.54. The zero-order valence-corrected chi connectivity index (χ0v) is 15.9. The van der Waals surface area contributed by atoms with Crippen LogP contribution >= 0.6 is 11.9 Å². The van der Waals surface area contributed by atoms with E-state index in [1.54, 1.807) is 11.9 Å². The van der Waals surface area contributed by atoms with Gasteiger partial charge in [0.05, 0.1) is 11.0 Å². The van der Waals surface area contributed by atoms with Crippen molar-refractivity contribution in [3.8, 4) is 0 Å². The number of anilines is 1. The van der Waals surface area contributed by atoms with E-state index in [0.717, 1.165) is 48.1 Å². The van der Waals surface area contributed by atoms with Crippen LogP contribution in [0.15, 0.2) is 23.4 Å². The highest BCUT2D eigenvalue weighted by atomic mass is 32.2. The molecule has 2 N–H and O–H groups in total. The van der Waals surface area contributed by atoms with Crippen molar-refractivity contribution in [3.05, 3.63) is 18.2 Å². The third-order valence-electron chi connectivity index (χ3n) is 4.96. The first-order chi connectivity index (χ1) is 11.6. The van der Waals surface area contributed by atoms with Gasteiger partial charge >= 0.3 is 0 Å². The molecule has 3 rings (SSSR count). The van der Waals surface area contributed by atoms with Crippen LogP contribution in [0.25, 0.3) is 11.0 Å². The molecule has 1 aromatic carbocycles. The van der Waals surface area contributed by atoms with Crippen LogP contribution in [0.1, 0.15) is 33.6 Å². The topological polar surface area (TPSA) is 50.3 Å². The number of rotatable bonds is 7. The van der Waals surface area contributed by atoms with Crippen LogP contribution in [0.4, 0.5) is 5.69 Å². The van der Waals surface area contributed by atoms with E-state index >= 15 is 0 Å². The average Bonchev–Trinajstić information content (AvgIpc) is 2.95. The molecule has 0 radical (unpaired) electrons. The maximum atomic E-state index is 5.93. The molecule has 1 unspecified atom stereocenters. The van der Waals surface area contributed by atoms with Crippen LogP contribution in [0.2, 0.25) is 0 Å². The summed E-state index contributed by atoms with van der Waals surface area (Å²) in [4.78, 5) is 7.28. The molecule has 0 aliphatic carbocycles. The Labute approximate surface area is 149 Å². The predicted octanol–water partition coefficient (Wildman–Crippen LogP) is 3.45. The highest BCUT2D eigenvalue weighted by molar-refractivity contribution is 7.96. The van der Waals surface area contributed by atoms with Crippen LogP contribution in [-0.4, -0.2) is 51.0 Å². The third-order valence-corrected chi connectivity index (χ3v) is 6.21. The lowest BCUT2D eigenvalue weighted by Crippen LogP contribution is -2.34. The quantitative estimate of drug-likeness (QED) is 0.614. The van der Waals surface area contributed by atoms with Crippen molar-refractivity contribution >= 4 is 28.7 Å². The molecule has 2 heterocycles. The Balaban J connectivity index is 1.61. The van der Waals surface area contributed by atoms with Crippen molar-refractivity contribution in [1.82, 2.24) is 18.8 Å². The molecule has 6 heteroatoms. The summed E-state index contributed by atoms with van der Waals surface area (Å²) in [6.45, 7) is 12.4. The van der Waals surface area contributed by atoms with Gasteiger partial charge < -0.3 is 15.2 Å². The molecule has 132 valence electrons. The second-order valence-corrected chi connectivity index (χ2v) is 7.56. The first kappa shape index (κ1) is 17.6. The van der Waals surface area contributed by atoms with Crippen LogP contribution in [-0.2, 0) is 6.54 Å². The van der Waals surface area contributed by atoms with Gasteiger partial charge in [-0.05, 0) is 69.5 Å². The largest absolute Gasteiger partial charge is 0.399 e. The van der Waals surface area contributed by atoms with Gasteiger partial charge in [0.2, 0.25) is 0 Å². The summed E-state index contributed by atoms with van der Waals surface area (Å²) in [7, 11) is 0. The van der Waals surface area contributed by atoms with Gasteiger partial charge in [-0.2, -0.15) is 0 Å². The number of aromatic nitrogens is 2. The molecular weight excluding hydrogens is 318 g/mol. The number of fused-ring (bicyclic) bond motifs is 3. The van der Waals surface area contributed by atoms with E-state index in [0.29, 0.717) is 6.04 Å². The molecule has 0 fully saturated rings. The van der Waals surface area contributed by atoms with Crippen molar-refractivity contribution < 1.29 is 0 Å². The number of hydrogen-bond acceptors (Lipinski definition) is 5. The minimum absolute atomic E-state index is 0.573. The molecule has 0 saturated heterocycles. The van der Waals surface area contributed by atoms with Crippen LogP contribution in [0.3, 0.4) is 0 Å². The van der Waals surface area contributed by atoms with Gasteiger partial charge in [0.1, 0.15) is 0 Å². The van der Waals surface area contributed by atoms with Gasteiger partial charge in [-0.25, -0.2) is 9.29 Å². The van der Waals surface area contributed by atoms with Gasteiger partial charge in [0.25, 0.3) is 0 Å². The normalized spacial score (nSPS) is 16.7. The number of nitrogens with two attached hydrogens (primary N) is 1. The van der Waals surface area contributed by atoms with Crippen molar-refractivity contribution in [1.29, 1.82) is 0 Å². The Morgan fingerprint density at radius 1 is 1.29 bits per heavy atom. The molecular formula is C18H29N5S. The van der Waals surface area contributed by atoms with E-state index in [1.165, 1.54) is 19.4 Å². The maximum absolute atomic E-state index is 5.93. The first-order valence-corrected chi connectivity index (χ1v) is 9.82. The Bertz CT molecular complexity index is 679. The zero-order valence-electron chi connectivity index (χ0n) is 15.0. The number of imidazole rings is 1. The van der Waals surface area contributed by atoms with E-state index in [2.05, 4.69) is 34.5 Å². The molecule has 0 saturated carbocycles. The van der Waals surface area contributed by atoms with E-state index in [9.17, 15) is 0 Å². The molecule has 1 atom stereocenters. The lowest BCUT2D eigenvalue weighted by molar-refractivity contribution is 0.269. The van der Waals surface area contributed by atoms with Crippen molar-refractivity contribution in [2.24, 2.45) is 0 Å². The lowest BCUT2D eigenvalue weighted by Gasteiger charge is -2.32. The molecule has 0 amide bonds. The van der Waals surface area contributed by atoms with Gasteiger partial charge in [-0.3, -0.25) is 0 Å². The molecule has 0 bridgehead atoms. The smallest absolute Gasteiger partial charge is 0.184 e. The van der Waals surface area contributed by atoms with Crippen LogP contribution in [0.5, 0.6) is 0 Å². The van der Waals surface area contributed by atoms with E-state index in [-0.39, 0.29) is 0 Å².